The Kier molecular flexibility index (Phi) is 6.36. The molecule has 11 heteroatoms. The number of nitrogens with zero attached hydrogens (tertiary/aromatic N) is 3. The fourth-order valence-corrected chi connectivity index (χ4v) is 4.18. The number of hydrogen-bond donors (Lipinski definition) is 0. The molecule has 2 aliphatic heterocycles. The molecule has 3 rings (SSSR count). The first-order chi connectivity index (χ1) is 13.9. The molecule has 2 aliphatic rings. The summed E-state index contributed by atoms with van der Waals surface area (Å²) in [7, 11) is -3.69. The summed E-state index contributed by atoms with van der Waals surface area (Å²) in [4.78, 5) is 27.7. The Morgan fingerprint density at radius 3 is 2.38 bits per heavy atom. The van der Waals surface area contributed by atoms with E-state index in [1.807, 2.05) is 0 Å². The van der Waals surface area contributed by atoms with Crippen LogP contribution in [0.4, 0.5) is 10.5 Å². The maximum Gasteiger partial charge on any atom is 0.409 e. The Labute approximate surface area is 170 Å². The number of ether oxygens (including phenoxy) is 3. The van der Waals surface area contributed by atoms with Crippen molar-refractivity contribution in [1.82, 2.24) is 9.80 Å². The molecule has 1 saturated heterocycles. The van der Waals surface area contributed by atoms with E-state index in [-0.39, 0.29) is 31.6 Å². The highest BCUT2D eigenvalue weighted by Gasteiger charge is 2.30. The van der Waals surface area contributed by atoms with Gasteiger partial charge >= 0.3 is 6.09 Å². The first-order valence-electron chi connectivity index (χ1n) is 9.45. The lowest BCUT2D eigenvalue weighted by Gasteiger charge is -2.35. The summed E-state index contributed by atoms with van der Waals surface area (Å²) in [5, 5.41) is 0. The molecule has 0 atom stereocenters. The summed E-state index contributed by atoms with van der Waals surface area (Å²) >= 11 is 0. The van der Waals surface area contributed by atoms with Crippen LogP contribution in [-0.2, 0) is 19.6 Å². The molecule has 10 nitrogen and oxygen atoms in total. The van der Waals surface area contributed by atoms with Gasteiger partial charge in [-0.05, 0) is 26.0 Å². The van der Waals surface area contributed by atoms with Gasteiger partial charge in [-0.25, -0.2) is 13.2 Å². The number of fused-ring (bicyclic) bond motifs is 1. The molecule has 0 unspecified atom stereocenters. The predicted octanol–water partition coefficient (Wildman–Crippen LogP) is 0.872. The van der Waals surface area contributed by atoms with Crippen molar-refractivity contribution in [2.24, 2.45) is 0 Å². The minimum Gasteiger partial charge on any atom is -0.454 e. The minimum absolute atomic E-state index is 0.0724. The Morgan fingerprint density at radius 1 is 1.07 bits per heavy atom. The number of rotatable bonds is 6. The third-order valence-electron chi connectivity index (χ3n) is 4.78. The lowest BCUT2D eigenvalue weighted by atomic mass is 10.2. The molecule has 0 saturated carbocycles. The summed E-state index contributed by atoms with van der Waals surface area (Å²) in [6.07, 6.45) is -0.407. The van der Waals surface area contributed by atoms with Crippen LogP contribution in [0.1, 0.15) is 13.8 Å². The van der Waals surface area contributed by atoms with Crippen molar-refractivity contribution >= 4 is 27.7 Å². The van der Waals surface area contributed by atoms with Gasteiger partial charge in [0.25, 0.3) is 0 Å². The van der Waals surface area contributed by atoms with E-state index in [2.05, 4.69) is 0 Å². The van der Waals surface area contributed by atoms with Gasteiger partial charge in [0.05, 0.1) is 18.0 Å². The van der Waals surface area contributed by atoms with Gasteiger partial charge < -0.3 is 24.0 Å². The molecule has 1 aromatic rings. The number of anilines is 1. The number of carbonyl (C=O) groups is 2. The molecule has 1 aromatic carbocycles. The number of hydrogen-bond acceptors (Lipinski definition) is 7. The van der Waals surface area contributed by atoms with Crippen LogP contribution >= 0.6 is 0 Å². The topological polar surface area (TPSA) is 106 Å². The van der Waals surface area contributed by atoms with E-state index in [0.717, 1.165) is 4.31 Å². The zero-order chi connectivity index (χ0) is 21.0. The van der Waals surface area contributed by atoms with Crippen LogP contribution < -0.4 is 13.8 Å². The van der Waals surface area contributed by atoms with Gasteiger partial charge in [0.15, 0.2) is 11.5 Å². The van der Waals surface area contributed by atoms with E-state index in [0.29, 0.717) is 43.4 Å². The van der Waals surface area contributed by atoms with E-state index >= 15 is 0 Å². The molecule has 0 spiro atoms. The molecular weight excluding hydrogens is 402 g/mol. The van der Waals surface area contributed by atoms with Crippen molar-refractivity contribution < 1.29 is 32.2 Å². The van der Waals surface area contributed by atoms with Crippen LogP contribution in [0.15, 0.2) is 18.2 Å². The van der Waals surface area contributed by atoms with E-state index < -0.39 is 16.1 Å². The summed E-state index contributed by atoms with van der Waals surface area (Å²) in [6.45, 7) is 4.62. The Bertz CT molecular complexity index is 866. The molecule has 0 bridgehead atoms. The number of carbonyl (C=O) groups excluding carboxylic acids is 2. The van der Waals surface area contributed by atoms with Crippen LogP contribution in [-0.4, -0.2) is 82.1 Å². The van der Waals surface area contributed by atoms with E-state index in [1.165, 1.54) is 11.8 Å². The standard InChI is InChI=1S/C18H25N3O7S/c1-3-26-18(23)20-9-7-19(8-10-20)17(22)12-21(29(24,25)4-2)14-5-6-15-16(11-14)28-13-27-15/h5-6,11H,3-4,7-10,12-13H2,1-2H3. The van der Waals surface area contributed by atoms with Crippen molar-refractivity contribution in [1.29, 1.82) is 0 Å². The fraction of sp³-hybridized carbons (Fsp3) is 0.556. The average molecular weight is 427 g/mol. The second-order valence-electron chi connectivity index (χ2n) is 6.51. The number of amides is 2. The van der Waals surface area contributed by atoms with Crippen molar-refractivity contribution in [2.45, 2.75) is 13.8 Å². The normalized spacial score (nSPS) is 15.9. The third-order valence-corrected chi connectivity index (χ3v) is 6.52. The van der Waals surface area contributed by atoms with Crippen molar-refractivity contribution in [2.75, 3.05) is 56.2 Å². The number of sulfonamides is 1. The Morgan fingerprint density at radius 2 is 1.72 bits per heavy atom. The minimum atomic E-state index is -3.69. The third kappa shape index (κ3) is 4.66. The first kappa shape index (κ1) is 21.0. The molecule has 0 radical (unpaired) electrons. The van der Waals surface area contributed by atoms with Crippen LogP contribution in [0.2, 0.25) is 0 Å². The van der Waals surface area contributed by atoms with Gasteiger partial charge in [-0.1, -0.05) is 0 Å². The van der Waals surface area contributed by atoms with E-state index in [9.17, 15) is 18.0 Å². The maximum atomic E-state index is 12.8. The van der Waals surface area contributed by atoms with Gasteiger partial charge in [-0.2, -0.15) is 0 Å². The molecule has 2 amide bonds. The first-order valence-corrected chi connectivity index (χ1v) is 11.1. The highest BCUT2D eigenvalue weighted by Crippen LogP contribution is 2.36. The largest absolute Gasteiger partial charge is 0.454 e. The van der Waals surface area contributed by atoms with E-state index in [4.69, 9.17) is 14.2 Å². The molecule has 0 aromatic heterocycles. The lowest BCUT2D eigenvalue weighted by Crippen LogP contribution is -2.53. The SMILES string of the molecule is CCOC(=O)N1CCN(C(=O)CN(c2ccc3c(c2)OCO3)S(=O)(=O)CC)CC1. The summed E-state index contributed by atoms with van der Waals surface area (Å²) < 4.78 is 41.9. The molecule has 1 fully saturated rings. The maximum absolute atomic E-state index is 12.8. The molecule has 160 valence electrons. The second kappa shape index (κ2) is 8.76. The molecule has 0 N–H and O–H groups in total. The molecular formula is C18H25N3O7S. The van der Waals surface area contributed by atoms with Gasteiger partial charge in [0, 0.05) is 32.2 Å². The predicted molar refractivity (Wildman–Crippen MR) is 105 cm³/mol. The lowest BCUT2D eigenvalue weighted by molar-refractivity contribution is -0.131. The monoisotopic (exact) mass is 427 g/mol. The average Bonchev–Trinajstić information content (AvgIpc) is 3.19. The Balaban J connectivity index is 1.71. The van der Waals surface area contributed by atoms with Crippen LogP contribution in [0.25, 0.3) is 0 Å². The zero-order valence-electron chi connectivity index (χ0n) is 16.5. The van der Waals surface area contributed by atoms with Crippen molar-refractivity contribution in [3.8, 4) is 11.5 Å². The summed E-state index contributed by atoms with van der Waals surface area (Å²) in [6, 6.07) is 4.77. The van der Waals surface area contributed by atoms with Crippen LogP contribution in [0.5, 0.6) is 11.5 Å². The van der Waals surface area contributed by atoms with Gasteiger partial charge in [-0.15, -0.1) is 0 Å². The fourth-order valence-electron chi connectivity index (χ4n) is 3.12. The van der Waals surface area contributed by atoms with Gasteiger partial charge in [0.1, 0.15) is 6.54 Å². The summed E-state index contributed by atoms with van der Waals surface area (Å²) in [5.74, 6) is 0.493. The van der Waals surface area contributed by atoms with Crippen molar-refractivity contribution in [3.63, 3.8) is 0 Å². The highest BCUT2D eigenvalue weighted by molar-refractivity contribution is 7.92. The number of benzene rings is 1. The quantitative estimate of drug-likeness (QED) is 0.663. The summed E-state index contributed by atoms with van der Waals surface area (Å²) in [5.41, 5.74) is 0.342. The molecule has 2 heterocycles. The second-order valence-corrected chi connectivity index (χ2v) is 8.69. The van der Waals surface area contributed by atoms with Crippen molar-refractivity contribution in [3.05, 3.63) is 18.2 Å². The number of piperazine rings is 1. The van der Waals surface area contributed by atoms with Crippen LogP contribution in [0.3, 0.4) is 0 Å². The smallest absolute Gasteiger partial charge is 0.409 e. The van der Waals surface area contributed by atoms with Gasteiger partial charge in [-0.3, -0.25) is 9.10 Å². The molecule has 0 aliphatic carbocycles. The molecule has 29 heavy (non-hydrogen) atoms. The van der Waals surface area contributed by atoms with E-state index in [1.54, 1.807) is 30.0 Å². The Hall–Kier alpha value is -2.69. The van der Waals surface area contributed by atoms with Crippen LogP contribution in [0, 0.1) is 0 Å². The zero-order valence-corrected chi connectivity index (χ0v) is 17.3. The highest BCUT2D eigenvalue weighted by atomic mass is 32.2. The van der Waals surface area contributed by atoms with Gasteiger partial charge in [0.2, 0.25) is 22.7 Å².